The van der Waals surface area contributed by atoms with Crippen molar-refractivity contribution >= 4 is 33.4 Å². The Bertz CT molecular complexity index is 658. The van der Waals surface area contributed by atoms with Crippen LogP contribution in [0.25, 0.3) is 0 Å². The minimum Gasteiger partial charge on any atom is -0.497 e. The lowest BCUT2D eigenvalue weighted by atomic mass is 10.0. The molecular weight excluding hydrogens is 366 g/mol. The molecule has 2 rings (SSSR count). The van der Waals surface area contributed by atoms with Gasteiger partial charge in [0.2, 0.25) is 0 Å². The summed E-state index contributed by atoms with van der Waals surface area (Å²) in [7, 11) is 1.58. The van der Waals surface area contributed by atoms with Crippen molar-refractivity contribution in [3.8, 4) is 5.75 Å². The third-order valence-electron chi connectivity index (χ3n) is 3.40. The molecule has 1 atom stereocenters. The van der Waals surface area contributed by atoms with Crippen molar-refractivity contribution in [2.24, 2.45) is 0 Å². The molecule has 0 aliphatic heterocycles. The molecule has 0 spiro atoms. The second-order valence-corrected chi connectivity index (χ2v) is 6.12. The van der Waals surface area contributed by atoms with Gasteiger partial charge in [-0.2, -0.15) is 0 Å². The fourth-order valence-electron chi connectivity index (χ4n) is 2.16. The van der Waals surface area contributed by atoms with Crippen molar-refractivity contribution < 1.29 is 9.53 Å². The third kappa shape index (κ3) is 4.02. The molecule has 0 aliphatic carbocycles. The van der Waals surface area contributed by atoms with E-state index in [2.05, 4.69) is 21.2 Å². The number of rotatable bonds is 5. The Morgan fingerprint density at radius 1 is 1.27 bits per heavy atom. The summed E-state index contributed by atoms with van der Waals surface area (Å²) in [5.74, 6) is 0.500. The lowest BCUT2D eigenvalue weighted by Gasteiger charge is -2.18. The normalized spacial score (nSPS) is 11.8. The highest BCUT2D eigenvalue weighted by molar-refractivity contribution is 9.10. The Morgan fingerprint density at radius 3 is 2.55 bits per heavy atom. The predicted octanol–water partition coefficient (Wildman–Crippen LogP) is 4.99. The van der Waals surface area contributed by atoms with Crippen molar-refractivity contribution in [2.75, 3.05) is 7.11 Å². The SMILES string of the molecule is CCC(NC(=O)c1cc(OC)ccc1Br)c1ccc(Cl)cc1. The Labute approximate surface area is 143 Å². The average molecular weight is 383 g/mol. The zero-order valence-electron chi connectivity index (χ0n) is 12.4. The van der Waals surface area contributed by atoms with Crippen molar-refractivity contribution in [1.82, 2.24) is 5.32 Å². The third-order valence-corrected chi connectivity index (χ3v) is 4.35. The number of carbonyl (C=O) groups excluding carboxylic acids is 1. The highest BCUT2D eigenvalue weighted by Crippen LogP contribution is 2.24. The van der Waals surface area contributed by atoms with Gasteiger partial charge in [0.05, 0.1) is 18.7 Å². The van der Waals surface area contributed by atoms with Crippen molar-refractivity contribution in [3.63, 3.8) is 0 Å². The molecule has 0 bridgehead atoms. The first-order valence-electron chi connectivity index (χ1n) is 6.95. The number of amides is 1. The first-order chi connectivity index (χ1) is 10.5. The van der Waals surface area contributed by atoms with Gasteiger partial charge >= 0.3 is 0 Å². The second-order valence-electron chi connectivity index (χ2n) is 4.83. The molecule has 0 saturated heterocycles. The van der Waals surface area contributed by atoms with Gasteiger partial charge in [-0.05, 0) is 58.2 Å². The maximum absolute atomic E-state index is 12.5. The lowest BCUT2D eigenvalue weighted by Crippen LogP contribution is -2.28. The van der Waals surface area contributed by atoms with Crippen LogP contribution in [0, 0.1) is 0 Å². The fourth-order valence-corrected chi connectivity index (χ4v) is 2.71. The van der Waals surface area contributed by atoms with E-state index in [1.54, 1.807) is 25.3 Å². The van der Waals surface area contributed by atoms with E-state index in [4.69, 9.17) is 16.3 Å². The van der Waals surface area contributed by atoms with Crippen LogP contribution in [0.5, 0.6) is 5.75 Å². The number of methoxy groups -OCH3 is 1. The van der Waals surface area contributed by atoms with Gasteiger partial charge < -0.3 is 10.1 Å². The number of halogens is 2. The molecule has 1 N–H and O–H groups in total. The number of benzene rings is 2. The van der Waals surface area contributed by atoms with E-state index in [0.717, 1.165) is 16.5 Å². The predicted molar refractivity (Wildman–Crippen MR) is 92.6 cm³/mol. The maximum Gasteiger partial charge on any atom is 0.253 e. The minimum atomic E-state index is -0.146. The molecule has 0 saturated carbocycles. The lowest BCUT2D eigenvalue weighted by molar-refractivity contribution is 0.0934. The summed E-state index contributed by atoms with van der Waals surface area (Å²) in [4.78, 5) is 12.5. The van der Waals surface area contributed by atoms with Gasteiger partial charge in [-0.25, -0.2) is 0 Å². The van der Waals surface area contributed by atoms with Crippen molar-refractivity contribution in [1.29, 1.82) is 0 Å². The minimum absolute atomic E-state index is 0.0668. The van der Waals surface area contributed by atoms with Crippen LogP contribution in [-0.4, -0.2) is 13.0 Å². The summed E-state index contributed by atoms with van der Waals surface area (Å²) in [6.45, 7) is 2.03. The number of nitrogens with one attached hydrogen (secondary N) is 1. The summed E-state index contributed by atoms with van der Waals surface area (Å²) in [6, 6.07) is 12.8. The topological polar surface area (TPSA) is 38.3 Å². The smallest absolute Gasteiger partial charge is 0.253 e. The molecule has 22 heavy (non-hydrogen) atoms. The molecule has 0 aromatic heterocycles. The van der Waals surface area contributed by atoms with Crippen LogP contribution in [-0.2, 0) is 0 Å². The summed E-state index contributed by atoms with van der Waals surface area (Å²) < 4.78 is 5.91. The zero-order valence-corrected chi connectivity index (χ0v) is 14.7. The molecule has 2 aromatic rings. The van der Waals surface area contributed by atoms with E-state index in [1.165, 1.54) is 0 Å². The van der Waals surface area contributed by atoms with Gasteiger partial charge in [-0.3, -0.25) is 4.79 Å². The Kier molecular flexibility index (Phi) is 5.86. The van der Waals surface area contributed by atoms with E-state index >= 15 is 0 Å². The standard InChI is InChI=1S/C17H17BrClNO2/c1-3-16(11-4-6-12(19)7-5-11)20-17(21)14-10-13(22-2)8-9-15(14)18/h4-10,16H,3H2,1-2H3,(H,20,21). The van der Waals surface area contributed by atoms with Crippen molar-refractivity contribution in [2.45, 2.75) is 19.4 Å². The summed E-state index contributed by atoms with van der Waals surface area (Å²) >= 11 is 9.31. The van der Waals surface area contributed by atoms with Gasteiger partial charge in [0.1, 0.15) is 5.75 Å². The van der Waals surface area contributed by atoms with Crippen LogP contribution in [0.4, 0.5) is 0 Å². The molecule has 5 heteroatoms. The number of carbonyl (C=O) groups is 1. The molecule has 3 nitrogen and oxygen atoms in total. The summed E-state index contributed by atoms with van der Waals surface area (Å²) in [5.41, 5.74) is 1.58. The fraction of sp³-hybridized carbons (Fsp3) is 0.235. The highest BCUT2D eigenvalue weighted by Gasteiger charge is 2.16. The maximum atomic E-state index is 12.5. The average Bonchev–Trinajstić information content (AvgIpc) is 2.53. The first-order valence-corrected chi connectivity index (χ1v) is 8.12. The van der Waals surface area contributed by atoms with Crippen LogP contribution < -0.4 is 10.1 Å². The zero-order chi connectivity index (χ0) is 16.1. The van der Waals surface area contributed by atoms with Crippen LogP contribution in [0.15, 0.2) is 46.9 Å². The van der Waals surface area contributed by atoms with Crippen LogP contribution >= 0.6 is 27.5 Å². The van der Waals surface area contributed by atoms with Crippen molar-refractivity contribution in [3.05, 3.63) is 63.1 Å². The van der Waals surface area contributed by atoms with Gasteiger partial charge in [-0.15, -0.1) is 0 Å². The first kappa shape index (κ1) is 16.8. The van der Waals surface area contributed by atoms with Crippen LogP contribution in [0.1, 0.15) is 35.3 Å². The summed E-state index contributed by atoms with van der Waals surface area (Å²) in [5, 5.41) is 3.72. The molecule has 0 fully saturated rings. The van der Waals surface area contributed by atoms with E-state index < -0.39 is 0 Å². The van der Waals surface area contributed by atoms with Gasteiger partial charge in [0.15, 0.2) is 0 Å². The van der Waals surface area contributed by atoms with E-state index in [-0.39, 0.29) is 11.9 Å². The molecule has 1 unspecified atom stereocenters. The van der Waals surface area contributed by atoms with Gasteiger partial charge in [0.25, 0.3) is 5.91 Å². The van der Waals surface area contributed by atoms with Crippen LogP contribution in [0.3, 0.4) is 0 Å². The molecule has 1 amide bonds. The summed E-state index contributed by atoms with van der Waals surface area (Å²) in [6.07, 6.45) is 0.787. The number of ether oxygens (including phenoxy) is 1. The van der Waals surface area contributed by atoms with E-state index in [9.17, 15) is 4.79 Å². The Balaban J connectivity index is 2.20. The molecule has 0 heterocycles. The van der Waals surface area contributed by atoms with E-state index in [0.29, 0.717) is 16.3 Å². The molecule has 2 aromatic carbocycles. The van der Waals surface area contributed by atoms with Gasteiger partial charge in [-0.1, -0.05) is 30.7 Å². The Hall–Kier alpha value is -1.52. The quantitative estimate of drug-likeness (QED) is 0.791. The monoisotopic (exact) mass is 381 g/mol. The molecule has 116 valence electrons. The van der Waals surface area contributed by atoms with E-state index in [1.807, 2.05) is 31.2 Å². The van der Waals surface area contributed by atoms with Gasteiger partial charge in [0, 0.05) is 9.50 Å². The van der Waals surface area contributed by atoms with Crippen LogP contribution in [0.2, 0.25) is 5.02 Å². The number of hydrogen-bond donors (Lipinski definition) is 1. The largest absolute Gasteiger partial charge is 0.497 e. The molecule has 0 radical (unpaired) electrons. The Morgan fingerprint density at radius 2 is 1.95 bits per heavy atom. The molecule has 0 aliphatic rings. The molecular formula is C17H17BrClNO2. The second kappa shape index (κ2) is 7.65. The highest BCUT2D eigenvalue weighted by atomic mass is 79.9. The number of hydrogen-bond acceptors (Lipinski definition) is 2.